The maximum atomic E-state index is 7.38. The normalized spacial score (nSPS) is 26.2. The van der Waals surface area contributed by atoms with Crippen molar-refractivity contribution in [1.82, 2.24) is 4.98 Å². The Morgan fingerprint density at radius 2 is 1.60 bits per heavy atom. The fraction of sp³-hybridized carbons (Fsp3) is 0.694. The van der Waals surface area contributed by atoms with Gasteiger partial charge in [0.1, 0.15) is 6.10 Å². The first-order valence-corrected chi connectivity index (χ1v) is 19.2. The van der Waals surface area contributed by atoms with Crippen LogP contribution in [0.5, 0.6) is 0 Å². The fourth-order valence-electron chi connectivity index (χ4n) is 7.41. The number of nitrogens with zero attached hydrogens (tertiary/aromatic N) is 1. The molecule has 1 aliphatic carbocycles. The van der Waals surface area contributed by atoms with Gasteiger partial charge in [-0.15, -0.1) is 18.1 Å². The Labute approximate surface area is 255 Å². The lowest BCUT2D eigenvalue weighted by atomic mass is 9.70. The molecule has 3 aliphatic heterocycles. The van der Waals surface area contributed by atoms with Crippen molar-refractivity contribution in [3.8, 4) is 0 Å². The third-order valence-corrected chi connectivity index (χ3v) is 15.5. The molecule has 231 valence electrons. The predicted octanol–water partition coefficient (Wildman–Crippen LogP) is 8.65. The van der Waals surface area contributed by atoms with Crippen LogP contribution in [0, 0.1) is 5.41 Å². The smallest absolute Gasteiger partial charge is 0.111 e. The van der Waals surface area contributed by atoms with Gasteiger partial charge in [0.2, 0.25) is 0 Å². The van der Waals surface area contributed by atoms with E-state index < -0.39 is 8.32 Å². The van der Waals surface area contributed by atoms with E-state index in [-0.39, 0.29) is 33.7 Å². The molecule has 2 saturated heterocycles. The highest BCUT2D eigenvalue weighted by Crippen LogP contribution is 2.59. The van der Waals surface area contributed by atoms with Crippen molar-refractivity contribution in [3.05, 3.63) is 63.5 Å². The molecule has 0 amide bonds. The van der Waals surface area contributed by atoms with Gasteiger partial charge in [-0.2, -0.15) is 0 Å². The zero-order valence-corrected chi connectivity index (χ0v) is 28.8. The lowest BCUT2D eigenvalue weighted by Gasteiger charge is -2.53. The van der Waals surface area contributed by atoms with Crippen LogP contribution in [0.25, 0.3) is 0 Å². The molecular formula is C36H53NO4Si-. The molecule has 6 rings (SSSR count). The highest BCUT2D eigenvalue weighted by atomic mass is 28.4. The van der Waals surface area contributed by atoms with Gasteiger partial charge in [0, 0.05) is 60.1 Å². The van der Waals surface area contributed by atoms with E-state index >= 15 is 0 Å². The molecule has 5 nitrogen and oxygen atoms in total. The van der Waals surface area contributed by atoms with Crippen LogP contribution < -0.4 is 0 Å². The van der Waals surface area contributed by atoms with Crippen LogP contribution in [0.1, 0.15) is 132 Å². The van der Waals surface area contributed by atoms with Crippen LogP contribution in [-0.2, 0) is 36.1 Å². The maximum Gasteiger partial charge on any atom is 0.111 e. The number of fused-ring (bicyclic) bond motifs is 4. The average Bonchev–Trinajstić information content (AvgIpc) is 3.19. The first-order chi connectivity index (χ1) is 19.6. The van der Waals surface area contributed by atoms with E-state index in [1.807, 2.05) is 0 Å². The first-order valence-electron chi connectivity index (χ1n) is 16.2. The molecule has 0 bridgehead atoms. The minimum atomic E-state index is -2.06. The maximum absolute atomic E-state index is 7.38. The number of hydrogen-bond acceptors (Lipinski definition) is 5. The predicted molar refractivity (Wildman–Crippen MR) is 171 cm³/mol. The van der Waals surface area contributed by atoms with Gasteiger partial charge in [0.25, 0.3) is 0 Å². The van der Waals surface area contributed by atoms with Crippen molar-refractivity contribution >= 4 is 8.32 Å². The van der Waals surface area contributed by atoms with Crippen molar-refractivity contribution in [2.45, 2.75) is 128 Å². The lowest BCUT2D eigenvalue weighted by molar-refractivity contribution is -0.122. The summed E-state index contributed by atoms with van der Waals surface area (Å²) in [6.45, 7) is 26.5. The number of hydrogen-bond donors (Lipinski definition) is 0. The number of benzene rings is 1. The van der Waals surface area contributed by atoms with Crippen LogP contribution >= 0.6 is 0 Å². The van der Waals surface area contributed by atoms with E-state index in [1.165, 1.54) is 39.2 Å². The summed E-state index contributed by atoms with van der Waals surface area (Å²) in [6, 6.07) is 9.18. The van der Waals surface area contributed by atoms with Crippen LogP contribution in [0.3, 0.4) is 0 Å². The van der Waals surface area contributed by atoms with Crippen LogP contribution in [0.15, 0.2) is 24.3 Å². The number of aromatic nitrogens is 1. The Balaban J connectivity index is 1.55. The Hall–Kier alpha value is -1.57. The molecular weight excluding hydrogens is 538 g/mol. The van der Waals surface area contributed by atoms with Crippen LogP contribution in [-0.4, -0.2) is 39.7 Å². The lowest BCUT2D eigenvalue weighted by Crippen LogP contribution is -2.45. The van der Waals surface area contributed by atoms with Gasteiger partial charge in [-0.05, 0) is 49.2 Å². The molecule has 0 saturated carbocycles. The summed E-state index contributed by atoms with van der Waals surface area (Å²) in [7, 11) is -2.06. The molecule has 1 aromatic heterocycles. The standard InChI is InChI=1S/C36H53NO4Si/c1-23(2)31-29-30(28-26(37-31)19-34(6,7)20-27(28)41-42(9,10)33(3,4)5)36(15-17-38-18-16-36)40-32(29)24-11-13-25(14-12-24)35(8)21-39-22-35/h11-14,23,27,32H,15-22H2,1-10H3/q-1/t27-,32+/m0/s1. The number of rotatable bonds is 5. The molecule has 1 aromatic carbocycles. The first kappa shape index (κ1) is 30.5. The molecule has 2 aromatic rings. The van der Waals surface area contributed by atoms with E-state index in [0.717, 1.165) is 52.1 Å². The van der Waals surface area contributed by atoms with Gasteiger partial charge in [0.05, 0.1) is 18.8 Å². The highest BCUT2D eigenvalue weighted by molar-refractivity contribution is 6.74. The summed E-state index contributed by atoms with van der Waals surface area (Å²) < 4.78 is 26.3. The Kier molecular flexibility index (Phi) is 7.42. The molecule has 4 aliphatic rings. The van der Waals surface area contributed by atoms with E-state index in [0.29, 0.717) is 5.92 Å². The molecule has 0 unspecified atom stereocenters. The number of pyridine rings is 1. The summed E-state index contributed by atoms with van der Waals surface area (Å²) in [4.78, 5) is 5.56. The zero-order chi connectivity index (χ0) is 30.3. The summed E-state index contributed by atoms with van der Waals surface area (Å²) in [5, 5.41) is 0.127. The quantitative estimate of drug-likeness (QED) is 0.326. The van der Waals surface area contributed by atoms with Gasteiger partial charge in [-0.1, -0.05) is 79.7 Å². The molecule has 42 heavy (non-hydrogen) atoms. The monoisotopic (exact) mass is 591 g/mol. The average molecular weight is 592 g/mol. The van der Waals surface area contributed by atoms with Gasteiger partial charge in [-0.3, -0.25) is 4.98 Å². The summed E-state index contributed by atoms with van der Waals surface area (Å²) in [5.41, 5.74) is 8.89. The highest BCUT2D eigenvalue weighted by Gasteiger charge is 2.52. The van der Waals surface area contributed by atoms with Crippen molar-refractivity contribution in [2.24, 2.45) is 5.41 Å². The van der Waals surface area contributed by atoms with Crippen molar-refractivity contribution < 1.29 is 18.6 Å². The van der Waals surface area contributed by atoms with E-state index in [4.69, 9.17) is 23.6 Å². The molecule has 0 N–H and O–H groups in total. The summed E-state index contributed by atoms with van der Waals surface area (Å²) >= 11 is 0. The zero-order valence-electron chi connectivity index (χ0n) is 27.8. The third-order valence-electron chi connectivity index (χ3n) is 11.0. The SMILES string of the molecule is CC(C)c1nc2c(c3c1[C@@H](c1ccc(C4(C)COC4)cc1)OC31CCOCC1)[C@@H](O[Si-](C)(C)C(C)(C)C)CC(C)(C)C2. The summed E-state index contributed by atoms with van der Waals surface area (Å²) in [5.74, 6) is 0.292. The minimum Gasteiger partial charge on any atom is -0.559 e. The van der Waals surface area contributed by atoms with Gasteiger partial charge >= 0.3 is 0 Å². The van der Waals surface area contributed by atoms with Crippen molar-refractivity contribution in [1.29, 1.82) is 0 Å². The van der Waals surface area contributed by atoms with Gasteiger partial charge in [-0.25, -0.2) is 0 Å². The molecule has 2 atom stereocenters. The third kappa shape index (κ3) is 5.03. The van der Waals surface area contributed by atoms with E-state index in [9.17, 15) is 0 Å². The van der Waals surface area contributed by atoms with Crippen molar-refractivity contribution in [2.75, 3.05) is 26.4 Å². The van der Waals surface area contributed by atoms with Crippen LogP contribution in [0.4, 0.5) is 0 Å². The second-order valence-electron chi connectivity index (χ2n) is 16.5. The molecule has 2 fully saturated rings. The molecule has 4 heterocycles. The Bertz CT molecular complexity index is 1330. The molecule has 6 heteroatoms. The Morgan fingerprint density at radius 1 is 0.952 bits per heavy atom. The summed E-state index contributed by atoms with van der Waals surface area (Å²) in [6.07, 6.45) is 3.60. The van der Waals surface area contributed by atoms with E-state index in [1.54, 1.807) is 0 Å². The minimum absolute atomic E-state index is 0.0233. The van der Waals surface area contributed by atoms with Gasteiger partial charge in [0.15, 0.2) is 0 Å². The van der Waals surface area contributed by atoms with Crippen LogP contribution in [0.2, 0.25) is 18.1 Å². The topological polar surface area (TPSA) is 49.8 Å². The second kappa shape index (κ2) is 10.2. The molecule has 1 spiro atoms. The van der Waals surface area contributed by atoms with Gasteiger partial charge < -0.3 is 18.6 Å². The van der Waals surface area contributed by atoms with E-state index in [2.05, 4.69) is 92.7 Å². The fourth-order valence-corrected chi connectivity index (χ4v) is 8.67. The number of ether oxygens (including phenoxy) is 3. The molecule has 0 radical (unpaired) electrons. The largest absolute Gasteiger partial charge is 0.559 e. The van der Waals surface area contributed by atoms with Crippen molar-refractivity contribution in [3.63, 3.8) is 0 Å². The second-order valence-corrected chi connectivity index (χ2v) is 21.2. The Morgan fingerprint density at radius 3 is 2.14 bits per heavy atom.